The number of rotatable bonds is 4. The highest BCUT2D eigenvalue weighted by Crippen LogP contribution is 2.27. The minimum absolute atomic E-state index is 0.395. The van der Waals surface area contributed by atoms with Crippen molar-refractivity contribution in [1.82, 2.24) is 5.32 Å². The van der Waals surface area contributed by atoms with Gasteiger partial charge in [0.2, 0.25) is 0 Å². The Morgan fingerprint density at radius 3 is 2.80 bits per heavy atom. The fourth-order valence-electron chi connectivity index (χ4n) is 3.01. The molecule has 1 aliphatic heterocycles. The molecule has 0 spiro atoms. The number of nitrogens with zero attached hydrogens (tertiary/aromatic N) is 2. The Hall–Kier alpha value is -1.53. The first-order chi connectivity index (χ1) is 9.63. The van der Waals surface area contributed by atoms with E-state index >= 15 is 0 Å². The molecule has 1 aromatic rings. The van der Waals surface area contributed by atoms with Crippen LogP contribution in [-0.2, 0) is 0 Å². The van der Waals surface area contributed by atoms with Gasteiger partial charge >= 0.3 is 0 Å². The Bertz CT molecular complexity index is 481. The summed E-state index contributed by atoms with van der Waals surface area (Å²) in [6.07, 6.45) is 3.82. The van der Waals surface area contributed by atoms with E-state index in [-0.39, 0.29) is 0 Å². The van der Waals surface area contributed by atoms with Gasteiger partial charge in [-0.05, 0) is 51.8 Å². The van der Waals surface area contributed by atoms with E-state index in [0.29, 0.717) is 12.1 Å². The number of nitriles is 1. The molecule has 0 saturated carbocycles. The second-order valence-electron chi connectivity index (χ2n) is 5.98. The molecule has 1 aromatic carbocycles. The van der Waals surface area contributed by atoms with Crippen molar-refractivity contribution in [2.45, 2.75) is 52.1 Å². The lowest BCUT2D eigenvalue weighted by Crippen LogP contribution is -2.46. The molecule has 3 nitrogen and oxygen atoms in total. The van der Waals surface area contributed by atoms with E-state index in [1.807, 2.05) is 12.1 Å². The molecule has 108 valence electrons. The molecular formula is C17H25N3. The van der Waals surface area contributed by atoms with Gasteiger partial charge < -0.3 is 10.2 Å². The topological polar surface area (TPSA) is 39.1 Å². The largest absolute Gasteiger partial charge is 0.366 e. The molecule has 3 heteroatoms. The maximum atomic E-state index is 9.39. The van der Waals surface area contributed by atoms with E-state index in [0.717, 1.165) is 24.3 Å². The molecule has 1 atom stereocenters. The summed E-state index contributed by atoms with van der Waals surface area (Å²) in [5, 5.41) is 13.0. The molecule has 1 N–H and O–H groups in total. The van der Waals surface area contributed by atoms with E-state index in [1.165, 1.54) is 24.8 Å². The zero-order valence-electron chi connectivity index (χ0n) is 12.8. The molecule has 1 unspecified atom stereocenters. The molecule has 0 aliphatic carbocycles. The average Bonchev–Trinajstić information content (AvgIpc) is 2.46. The van der Waals surface area contributed by atoms with Crippen LogP contribution in [0.25, 0.3) is 0 Å². The fourth-order valence-corrected chi connectivity index (χ4v) is 3.01. The molecule has 2 rings (SSSR count). The lowest BCUT2D eigenvalue weighted by molar-refractivity contribution is 0.393. The van der Waals surface area contributed by atoms with Gasteiger partial charge in [0.05, 0.1) is 11.3 Å². The van der Waals surface area contributed by atoms with Gasteiger partial charge in [-0.3, -0.25) is 0 Å². The third-order valence-electron chi connectivity index (χ3n) is 4.10. The number of hydrogen-bond donors (Lipinski definition) is 1. The van der Waals surface area contributed by atoms with Gasteiger partial charge in [0.1, 0.15) is 6.07 Å². The number of para-hydroxylation sites is 1. The van der Waals surface area contributed by atoms with Crippen LogP contribution in [0.15, 0.2) is 18.2 Å². The van der Waals surface area contributed by atoms with Crippen LogP contribution in [-0.4, -0.2) is 25.2 Å². The van der Waals surface area contributed by atoms with Crippen molar-refractivity contribution in [1.29, 1.82) is 5.26 Å². The number of anilines is 1. The first-order valence-corrected chi connectivity index (χ1v) is 7.63. The van der Waals surface area contributed by atoms with Gasteiger partial charge in [-0.1, -0.05) is 18.6 Å². The van der Waals surface area contributed by atoms with Crippen LogP contribution in [0.4, 0.5) is 5.69 Å². The number of benzene rings is 1. The minimum Gasteiger partial charge on any atom is -0.366 e. The summed E-state index contributed by atoms with van der Waals surface area (Å²) in [4.78, 5) is 2.39. The monoisotopic (exact) mass is 271 g/mol. The second-order valence-corrected chi connectivity index (χ2v) is 5.98. The third kappa shape index (κ3) is 3.32. The third-order valence-corrected chi connectivity index (χ3v) is 4.10. The highest BCUT2D eigenvalue weighted by atomic mass is 15.2. The average molecular weight is 271 g/mol. The van der Waals surface area contributed by atoms with E-state index in [2.05, 4.69) is 43.1 Å². The first-order valence-electron chi connectivity index (χ1n) is 7.63. The van der Waals surface area contributed by atoms with Crippen LogP contribution in [0.1, 0.15) is 44.2 Å². The Kier molecular flexibility index (Phi) is 5.03. The molecule has 1 aliphatic rings. The predicted octanol–water partition coefficient (Wildman–Crippen LogP) is 3.22. The van der Waals surface area contributed by atoms with Crippen LogP contribution >= 0.6 is 0 Å². The summed E-state index contributed by atoms with van der Waals surface area (Å²) in [5.74, 6) is 0. The van der Waals surface area contributed by atoms with Crippen molar-refractivity contribution in [3.8, 4) is 6.07 Å². The van der Waals surface area contributed by atoms with Crippen LogP contribution in [0.3, 0.4) is 0 Å². The van der Waals surface area contributed by atoms with Crippen molar-refractivity contribution in [2.75, 3.05) is 18.0 Å². The Morgan fingerprint density at radius 1 is 1.40 bits per heavy atom. The molecular weight excluding hydrogens is 246 g/mol. The number of hydrogen-bond acceptors (Lipinski definition) is 3. The smallest absolute Gasteiger partial charge is 0.101 e. The van der Waals surface area contributed by atoms with Crippen LogP contribution in [0.2, 0.25) is 0 Å². The lowest BCUT2D eigenvalue weighted by Gasteiger charge is -2.36. The van der Waals surface area contributed by atoms with Crippen LogP contribution in [0.5, 0.6) is 0 Å². The first kappa shape index (κ1) is 14.9. The Morgan fingerprint density at radius 2 is 2.20 bits per heavy atom. The number of aryl methyl sites for hydroxylation is 1. The van der Waals surface area contributed by atoms with E-state index < -0.39 is 0 Å². The fraction of sp³-hybridized carbons (Fsp3) is 0.588. The summed E-state index contributed by atoms with van der Waals surface area (Å²) in [6, 6.07) is 9.27. The minimum atomic E-state index is 0.395. The number of nitrogens with one attached hydrogen (secondary N) is 1. The summed E-state index contributed by atoms with van der Waals surface area (Å²) >= 11 is 0. The van der Waals surface area contributed by atoms with Gasteiger partial charge in [-0.15, -0.1) is 0 Å². The maximum Gasteiger partial charge on any atom is 0.101 e. The number of piperidine rings is 1. The van der Waals surface area contributed by atoms with Crippen molar-refractivity contribution < 1.29 is 0 Å². The lowest BCUT2D eigenvalue weighted by atomic mass is 10.0. The van der Waals surface area contributed by atoms with Crippen molar-refractivity contribution in [3.05, 3.63) is 29.3 Å². The molecule has 1 saturated heterocycles. The van der Waals surface area contributed by atoms with Gasteiger partial charge in [0.25, 0.3) is 0 Å². The highest BCUT2D eigenvalue weighted by Gasteiger charge is 2.22. The van der Waals surface area contributed by atoms with Crippen molar-refractivity contribution in [3.63, 3.8) is 0 Å². The van der Waals surface area contributed by atoms with E-state index in [9.17, 15) is 5.26 Å². The molecule has 1 heterocycles. The normalized spacial score (nSPS) is 18.9. The predicted molar refractivity (Wildman–Crippen MR) is 84.0 cm³/mol. The van der Waals surface area contributed by atoms with Crippen molar-refractivity contribution in [2.24, 2.45) is 0 Å². The van der Waals surface area contributed by atoms with E-state index in [1.54, 1.807) is 0 Å². The second kappa shape index (κ2) is 6.76. The summed E-state index contributed by atoms with van der Waals surface area (Å²) in [6.45, 7) is 8.61. The van der Waals surface area contributed by atoms with Gasteiger partial charge in [-0.25, -0.2) is 0 Å². The van der Waals surface area contributed by atoms with Crippen molar-refractivity contribution >= 4 is 5.69 Å². The zero-order chi connectivity index (χ0) is 14.5. The Balaban J connectivity index is 2.26. The highest BCUT2D eigenvalue weighted by molar-refractivity contribution is 5.64. The van der Waals surface area contributed by atoms with Gasteiger partial charge in [0, 0.05) is 18.6 Å². The van der Waals surface area contributed by atoms with Gasteiger partial charge in [0.15, 0.2) is 0 Å². The zero-order valence-corrected chi connectivity index (χ0v) is 12.8. The summed E-state index contributed by atoms with van der Waals surface area (Å²) in [5.41, 5.74) is 3.08. The summed E-state index contributed by atoms with van der Waals surface area (Å²) in [7, 11) is 0. The maximum absolute atomic E-state index is 9.39. The SMILES string of the molecule is Cc1cccc(C#N)c1N(CC1CCCCN1)C(C)C. The quantitative estimate of drug-likeness (QED) is 0.914. The molecule has 1 fully saturated rings. The van der Waals surface area contributed by atoms with E-state index in [4.69, 9.17) is 0 Å². The molecule has 0 radical (unpaired) electrons. The molecule has 0 bridgehead atoms. The van der Waals surface area contributed by atoms with Crippen LogP contribution < -0.4 is 10.2 Å². The Labute approximate surface area is 122 Å². The molecule has 20 heavy (non-hydrogen) atoms. The molecule has 0 amide bonds. The standard InChI is InChI=1S/C17H25N3/c1-13(2)20(12-16-9-4-5-10-19-16)17-14(3)7-6-8-15(17)11-18/h6-8,13,16,19H,4-5,9-10,12H2,1-3H3. The summed E-state index contributed by atoms with van der Waals surface area (Å²) < 4.78 is 0. The van der Waals surface area contributed by atoms with Crippen LogP contribution in [0, 0.1) is 18.3 Å². The van der Waals surface area contributed by atoms with Gasteiger partial charge in [-0.2, -0.15) is 5.26 Å². The molecule has 0 aromatic heterocycles.